The molecule has 0 atom stereocenters. The van der Waals surface area contributed by atoms with Crippen LogP contribution in [0.3, 0.4) is 0 Å². The predicted molar refractivity (Wildman–Crippen MR) is 132 cm³/mol. The van der Waals surface area contributed by atoms with Crippen LogP contribution in [0.2, 0.25) is 0 Å². The molecule has 0 saturated heterocycles. The largest absolute Gasteiger partial charge is 0.460 e. The summed E-state index contributed by atoms with van der Waals surface area (Å²) in [6, 6.07) is 15.0. The van der Waals surface area contributed by atoms with Gasteiger partial charge < -0.3 is 18.9 Å². The molecule has 0 bridgehead atoms. The van der Waals surface area contributed by atoms with Gasteiger partial charge in [-0.15, -0.1) is 0 Å². The van der Waals surface area contributed by atoms with Crippen LogP contribution in [0, 0.1) is 0 Å². The number of hydrogen-bond donors (Lipinski definition) is 0. The van der Waals surface area contributed by atoms with Crippen molar-refractivity contribution in [2.45, 2.75) is 52.4 Å². The van der Waals surface area contributed by atoms with E-state index >= 15 is 0 Å². The van der Waals surface area contributed by atoms with Crippen LogP contribution in [0.5, 0.6) is 0 Å². The highest BCUT2D eigenvalue weighted by atomic mass is 16.6. The van der Waals surface area contributed by atoms with Crippen molar-refractivity contribution < 1.29 is 28.5 Å². The van der Waals surface area contributed by atoms with Gasteiger partial charge in [-0.1, -0.05) is 77.9 Å². The number of ether oxygens (including phenoxy) is 4. The normalized spacial score (nSPS) is 11.8. The quantitative estimate of drug-likeness (QED) is 0.327. The fraction of sp³-hybridized carbons (Fsp3) is 0.500. The van der Waals surface area contributed by atoms with Crippen LogP contribution in [0.15, 0.2) is 48.5 Å². The zero-order valence-electron chi connectivity index (χ0n) is 21.3. The molecule has 0 N–H and O–H groups in total. The number of carbonyl (C=O) groups is 2. The fourth-order valence-corrected chi connectivity index (χ4v) is 3.49. The van der Waals surface area contributed by atoms with E-state index in [2.05, 4.69) is 41.5 Å². The monoisotopic (exact) mass is 470 g/mol. The topological polar surface area (TPSA) is 71.1 Å². The molecule has 2 aromatic rings. The summed E-state index contributed by atoms with van der Waals surface area (Å²) in [5.74, 6) is -0.694. The van der Waals surface area contributed by atoms with Crippen LogP contribution >= 0.6 is 0 Å². The van der Waals surface area contributed by atoms with Crippen molar-refractivity contribution in [3.05, 3.63) is 70.8 Å². The SMILES string of the molecule is CC(C)(C)c1ccccc1C(=O)OCCOCCOCCOC(=O)c1ccccc1C(C)(C)C. The van der Waals surface area contributed by atoms with Gasteiger partial charge in [0.25, 0.3) is 0 Å². The Morgan fingerprint density at radius 2 is 0.882 bits per heavy atom. The number of carbonyl (C=O) groups excluding carboxylic acids is 2. The molecule has 0 radical (unpaired) electrons. The van der Waals surface area contributed by atoms with Crippen molar-refractivity contribution in [3.8, 4) is 0 Å². The zero-order chi connectivity index (χ0) is 25.2. The molecule has 0 aliphatic rings. The Kier molecular flexibility index (Phi) is 10.3. The fourth-order valence-electron chi connectivity index (χ4n) is 3.49. The van der Waals surface area contributed by atoms with E-state index in [9.17, 15) is 9.59 Å². The van der Waals surface area contributed by atoms with E-state index in [1.54, 1.807) is 12.1 Å². The summed E-state index contributed by atoms with van der Waals surface area (Å²) in [5, 5.41) is 0. The van der Waals surface area contributed by atoms with Crippen LogP contribution in [0.25, 0.3) is 0 Å². The van der Waals surface area contributed by atoms with Crippen molar-refractivity contribution in [1.29, 1.82) is 0 Å². The molecule has 0 aliphatic heterocycles. The van der Waals surface area contributed by atoms with E-state index in [1.807, 2.05) is 36.4 Å². The van der Waals surface area contributed by atoms with Crippen LogP contribution in [-0.2, 0) is 29.8 Å². The van der Waals surface area contributed by atoms with E-state index in [-0.39, 0.29) is 49.2 Å². The van der Waals surface area contributed by atoms with Gasteiger partial charge in [-0.3, -0.25) is 0 Å². The van der Waals surface area contributed by atoms with Crippen molar-refractivity contribution in [2.24, 2.45) is 0 Å². The van der Waals surface area contributed by atoms with E-state index in [0.29, 0.717) is 24.3 Å². The standard InChI is InChI=1S/C28H38O6/c1-27(2,3)23-13-9-7-11-21(23)25(29)33-19-17-31-15-16-32-18-20-34-26(30)22-12-8-10-14-24(22)28(4,5)6/h7-14H,15-20H2,1-6H3. The van der Waals surface area contributed by atoms with Gasteiger partial charge in [-0.05, 0) is 34.1 Å². The van der Waals surface area contributed by atoms with Gasteiger partial charge >= 0.3 is 11.9 Å². The second kappa shape index (κ2) is 12.7. The van der Waals surface area contributed by atoms with Crippen LogP contribution in [0.1, 0.15) is 73.4 Å². The third-order valence-corrected chi connectivity index (χ3v) is 5.20. The first-order valence-corrected chi connectivity index (χ1v) is 11.7. The molecular weight excluding hydrogens is 432 g/mol. The third-order valence-electron chi connectivity index (χ3n) is 5.20. The van der Waals surface area contributed by atoms with E-state index in [4.69, 9.17) is 18.9 Å². The zero-order valence-corrected chi connectivity index (χ0v) is 21.3. The minimum atomic E-state index is -0.347. The Morgan fingerprint density at radius 1 is 0.559 bits per heavy atom. The lowest BCUT2D eigenvalue weighted by Gasteiger charge is -2.22. The smallest absolute Gasteiger partial charge is 0.338 e. The minimum Gasteiger partial charge on any atom is -0.460 e. The summed E-state index contributed by atoms with van der Waals surface area (Å²) in [5.41, 5.74) is 2.78. The summed E-state index contributed by atoms with van der Waals surface area (Å²) in [4.78, 5) is 24.8. The van der Waals surface area contributed by atoms with Gasteiger partial charge in [0, 0.05) is 0 Å². The maximum absolute atomic E-state index is 12.4. The molecule has 6 heteroatoms. The molecule has 34 heavy (non-hydrogen) atoms. The van der Waals surface area contributed by atoms with E-state index in [0.717, 1.165) is 11.1 Å². The average Bonchev–Trinajstić information content (AvgIpc) is 2.78. The highest BCUT2D eigenvalue weighted by Gasteiger charge is 2.23. The van der Waals surface area contributed by atoms with Crippen LogP contribution < -0.4 is 0 Å². The number of esters is 2. The van der Waals surface area contributed by atoms with Crippen molar-refractivity contribution >= 4 is 11.9 Å². The first kappa shape index (κ1) is 27.5. The van der Waals surface area contributed by atoms with Crippen molar-refractivity contribution in [3.63, 3.8) is 0 Å². The predicted octanol–water partition coefficient (Wildman–Crippen LogP) is 5.33. The molecule has 186 valence electrons. The Balaban J connectivity index is 1.59. The number of hydrogen-bond acceptors (Lipinski definition) is 6. The Hall–Kier alpha value is -2.70. The lowest BCUT2D eigenvalue weighted by atomic mass is 9.84. The summed E-state index contributed by atoms with van der Waals surface area (Å²) >= 11 is 0. The molecule has 0 unspecified atom stereocenters. The lowest BCUT2D eigenvalue weighted by Crippen LogP contribution is -2.20. The first-order valence-electron chi connectivity index (χ1n) is 11.7. The third kappa shape index (κ3) is 8.58. The van der Waals surface area contributed by atoms with Gasteiger partial charge in [0.05, 0.1) is 37.6 Å². The molecule has 0 aliphatic carbocycles. The van der Waals surface area contributed by atoms with Gasteiger partial charge in [-0.2, -0.15) is 0 Å². The molecule has 0 saturated carbocycles. The summed E-state index contributed by atoms with van der Waals surface area (Å²) in [7, 11) is 0. The van der Waals surface area contributed by atoms with Gasteiger partial charge in [-0.25, -0.2) is 9.59 Å². The number of benzene rings is 2. The average molecular weight is 471 g/mol. The molecule has 2 aromatic carbocycles. The summed E-state index contributed by atoms with van der Waals surface area (Å²) < 4.78 is 21.6. The molecule has 0 heterocycles. The van der Waals surface area contributed by atoms with Gasteiger partial charge in [0.1, 0.15) is 13.2 Å². The second-order valence-electron chi connectivity index (χ2n) is 10.1. The molecule has 6 nitrogen and oxygen atoms in total. The van der Waals surface area contributed by atoms with E-state index < -0.39 is 0 Å². The minimum absolute atomic E-state index is 0.145. The molecule has 0 fully saturated rings. The Labute approximate surface area is 203 Å². The van der Waals surface area contributed by atoms with E-state index in [1.165, 1.54) is 0 Å². The molecule has 2 rings (SSSR count). The maximum atomic E-state index is 12.4. The summed E-state index contributed by atoms with van der Waals surface area (Å²) in [6.45, 7) is 14.0. The molecule has 0 spiro atoms. The molecule has 0 aromatic heterocycles. The summed E-state index contributed by atoms with van der Waals surface area (Å²) in [6.07, 6.45) is 0. The van der Waals surface area contributed by atoms with Gasteiger partial charge in [0.2, 0.25) is 0 Å². The molecular formula is C28H38O6. The van der Waals surface area contributed by atoms with Crippen LogP contribution in [-0.4, -0.2) is 51.6 Å². The second-order valence-corrected chi connectivity index (χ2v) is 10.1. The first-order chi connectivity index (χ1) is 16.0. The van der Waals surface area contributed by atoms with Crippen LogP contribution in [0.4, 0.5) is 0 Å². The van der Waals surface area contributed by atoms with Crippen molar-refractivity contribution in [2.75, 3.05) is 39.6 Å². The Bertz CT molecular complexity index is 859. The van der Waals surface area contributed by atoms with Gasteiger partial charge in [0.15, 0.2) is 0 Å². The number of rotatable bonds is 11. The lowest BCUT2D eigenvalue weighted by molar-refractivity contribution is 0.00218. The molecule has 0 amide bonds. The Morgan fingerprint density at radius 3 is 1.24 bits per heavy atom. The van der Waals surface area contributed by atoms with Crippen molar-refractivity contribution in [1.82, 2.24) is 0 Å². The highest BCUT2D eigenvalue weighted by molar-refractivity contribution is 5.92. The highest BCUT2D eigenvalue weighted by Crippen LogP contribution is 2.27. The maximum Gasteiger partial charge on any atom is 0.338 e.